The maximum atomic E-state index is 12.3. The highest BCUT2D eigenvalue weighted by Crippen LogP contribution is 2.43. The molecule has 3 aliphatic heterocycles. The Morgan fingerprint density at radius 1 is 1.35 bits per heavy atom. The number of hydrogen-bond acceptors (Lipinski definition) is 4. The number of amides is 1. The van der Waals surface area contributed by atoms with Crippen molar-refractivity contribution >= 4 is 5.91 Å². The summed E-state index contributed by atoms with van der Waals surface area (Å²) in [6.07, 6.45) is 0.897. The second kappa shape index (κ2) is 4.42. The van der Waals surface area contributed by atoms with E-state index < -0.39 is 5.79 Å². The lowest BCUT2D eigenvalue weighted by Crippen LogP contribution is -2.65. The van der Waals surface area contributed by atoms with E-state index in [0.29, 0.717) is 6.61 Å². The first-order valence-electron chi connectivity index (χ1n) is 7.48. The van der Waals surface area contributed by atoms with Gasteiger partial charge in [0.1, 0.15) is 0 Å². The average Bonchev–Trinajstić information content (AvgIpc) is 2.79. The number of β-lactam (4-membered cyclic amide) rings is 1. The first kappa shape index (κ1) is 14.3. The van der Waals surface area contributed by atoms with Crippen LogP contribution >= 0.6 is 0 Å². The van der Waals surface area contributed by atoms with E-state index in [-0.39, 0.29) is 35.7 Å². The van der Waals surface area contributed by atoms with E-state index in [9.17, 15) is 4.79 Å². The number of nitrogens with zero attached hydrogens (tertiary/aromatic N) is 1. The Hall–Kier alpha value is -0.650. The third-order valence-corrected chi connectivity index (χ3v) is 4.27. The van der Waals surface area contributed by atoms with Crippen LogP contribution in [-0.4, -0.2) is 53.6 Å². The van der Waals surface area contributed by atoms with Crippen molar-refractivity contribution in [3.8, 4) is 0 Å². The van der Waals surface area contributed by atoms with Crippen molar-refractivity contribution in [1.82, 2.24) is 4.90 Å². The fraction of sp³-hybridized carbons (Fsp3) is 0.933. The molecule has 0 aromatic rings. The molecule has 0 aromatic heterocycles. The third-order valence-electron chi connectivity index (χ3n) is 4.27. The molecule has 5 nitrogen and oxygen atoms in total. The number of ether oxygens (including phenoxy) is 3. The molecule has 0 saturated carbocycles. The predicted octanol–water partition coefficient (Wildman–Crippen LogP) is 1.55. The molecule has 0 radical (unpaired) electrons. The van der Waals surface area contributed by atoms with Crippen molar-refractivity contribution in [2.24, 2.45) is 5.92 Å². The normalized spacial score (nSPS) is 39.9. The van der Waals surface area contributed by atoms with E-state index >= 15 is 0 Å². The molecule has 0 N–H and O–H groups in total. The first-order chi connectivity index (χ1) is 9.18. The molecule has 3 rings (SSSR count). The highest BCUT2D eigenvalue weighted by molar-refractivity contribution is 5.87. The summed E-state index contributed by atoms with van der Waals surface area (Å²) >= 11 is 0. The van der Waals surface area contributed by atoms with Gasteiger partial charge < -0.3 is 19.1 Å². The molecule has 3 heterocycles. The van der Waals surface area contributed by atoms with Gasteiger partial charge in [0.05, 0.1) is 36.4 Å². The number of rotatable bonds is 2. The summed E-state index contributed by atoms with van der Waals surface area (Å²) < 4.78 is 17.6. The minimum atomic E-state index is -0.579. The molecule has 3 fully saturated rings. The quantitative estimate of drug-likeness (QED) is 0.722. The lowest BCUT2D eigenvalue weighted by atomic mass is 9.82. The monoisotopic (exact) mass is 283 g/mol. The van der Waals surface area contributed by atoms with E-state index in [1.165, 1.54) is 0 Å². The van der Waals surface area contributed by atoms with Gasteiger partial charge in [0, 0.05) is 6.54 Å². The van der Waals surface area contributed by atoms with Crippen LogP contribution in [0.5, 0.6) is 0 Å². The van der Waals surface area contributed by atoms with Gasteiger partial charge in [-0.15, -0.1) is 0 Å². The summed E-state index contributed by atoms with van der Waals surface area (Å²) in [6.45, 7) is 11.3. The summed E-state index contributed by atoms with van der Waals surface area (Å²) in [5.41, 5.74) is -0.184. The molecule has 3 aliphatic rings. The van der Waals surface area contributed by atoms with Crippen LogP contribution in [0.1, 0.15) is 41.0 Å². The molecule has 114 valence electrons. The Balaban J connectivity index is 1.71. The fourth-order valence-electron chi connectivity index (χ4n) is 3.58. The van der Waals surface area contributed by atoms with Crippen molar-refractivity contribution in [3.63, 3.8) is 0 Å². The van der Waals surface area contributed by atoms with Gasteiger partial charge in [-0.2, -0.15) is 0 Å². The van der Waals surface area contributed by atoms with E-state index in [2.05, 4.69) is 20.8 Å². The van der Waals surface area contributed by atoms with Crippen LogP contribution in [0, 0.1) is 5.92 Å². The van der Waals surface area contributed by atoms with Gasteiger partial charge in [0.25, 0.3) is 0 Å². The third kappa shape index (κ3) is 2.36. The van der Waals surface area contributed by atoms with Crippen molar-refractivity contribution in [2.75, 3.05) is 13.2 Å². The second-order valence-electron chi connectivity index (χ2n) is 7.47. The minimum Gasteiger partial charge on any atom is -0.370 e. The van der Waals surface area contributed by atoms with E-state index in [4.69, 9.17) is 14.2 Å². The molecule has 0 unspecified atom stereocenters. The maximum Gasteiger partial charge on any atom is 0.230 e. The van der Waals surface area contributed by atoms with Crippen LogP contribution in [-0.2, 0) is 19.0 Å². The Labute approximate surface area is 120 Å². The summed E-state index contributed by atoms with van der Waals surface area (Å²) in [7, 11) is 0. The van der Waals surface area contributed by atoms with E-state index in [0.717, 1.165) is 13.0 Å². The molecule has 0 aromatic carbocycles. The van der Waals surface area contributed by atoms with Crippen molar-refractivity contribution < 1.29 is 19.0 Å². The zero-order chi connectivity index (χ0) is 14.7. The average molecular weight is 283 g/mol. The van der Waals surface area contributed by atoms with E-state index in [1.807, 2.05) is 18.7 Å². The van der Waals surface area contributed by atoms with Crippen LogP contribution in [0.15, 0.2) is 0 Å². The number of carbonyl (C=O) groups excluding carboxylic acids is 1. The topological polar surface area (TPSA) is 48.0 Å². The zero-order valence-corrected chi connectivity index (χ0v) is 13.0. The molecule has 20 heavy (non-hydrogen) atoms. The van der Waals surface area contributed by atoms with Crippen LogP contribution in [0.4, 0.5) is 0 Å². The van der Waals surface area contributed by atoms with Gasteiger partial charge in [-0.25, -0.2) is 0 Å². The summed E-state index contributed by atoms with van der Waals surface area (Å²) in [4.78, 5) is 14.2. The summed E-state index contributed by atoms with van der Waals surface area (Å²) in [6, 6.07) is 0.157. The molecule has 0 aliphatic carbocycles. The highest BCUT2D eigenvalue weighted by Gasteiger charge is 2.60. The Kier molecular flexibility index (Phi) is 3.16. The van der Waals surface area contributed by atoms with E-state index in [1.54, 1.807) is 0 Å². The van der Waals surface area contributed by atoms with Crippen molar-refractivity contribution in [3.05, 3.63) is 0 Å². The van der Waals surface area contributed by atoms with Gasteiger partial charge >= 0.3 is 0 Å². The number of fused-ring (bicyclic) bond motifs is 1. The Bertz CT molecular complexity index is 415. The van der Waals surface area contributed by atoms with Gasteiger partial charge in [0.15, 0.2) is 5.79 Å². The van der Waals surface area contributed by atoms with Gasteiger partial charge in [0.2, 0.25) is 5.91 Å². The van der Waals surface area contributed by atoms with Crippen LogP contribution in [0.2, 0.25) is 0 Å². The zero-order valence-electron chi connectivity index (χ0n) is 13.0. The Morgan fingerprint density at radius 3 is 2.60 bits per heavy atom. The van der Waals surface area contributed by atoms with Crippen LogP contribution in [0.3, 0.4) is 0 Å². The van der Waals surface area contributed by atoms with Crippen LogP contribution in [0.25, 0.3) is 0 Å². The molecular weight excluding hydrogens is 258 g/mol. The second-order valence-corrected chi connectivity index (χ2v) is 7.47. The fourth-order valence-corrected chi connectivity index (χ4v) is 3.58. The largest absolute Gasteiger partial charge is 0.370 e. The summed E-state index contributed by atoms with van der Waals surface area (Å²) in [5, 5.41) is 0. The van der Waals surface area contributed by atoms with Gasteiger partial charge in [-0.05, 0) is 41.0 Å². The highest BCUT2D eigenvalue weighted by atomic mass is 16.7. The molecular formula is C15H25NO4. The predicted molar refractivity (Wildman–Crippen MR) is 73.1 cm³/mol. The Morgan fingerprint density at radius 2 is 2.05 bits per heavy atom. The molecule has 0 spiro atoms. The SMILES string of the molecule is CC(C)(C)O[C@@H]1CCN2C(=O)[C@@H]([C@H]3COC(C)(C)O3)[C@@H]12. The minimum absolute atomic E-state index is 0.105. The number of carbonyl (C=O) groups is 1. The van der Waals surface area contributed by atoms with Gasteiger partial charge in [-0.1, -0.05) is 0 Å². The molecule has 5 heteroatoms. The maximum absolute atomic E-state index is 12.3. The lowest BCUT2D eigenvalue weighted by Gasteiger charge is -2.47. The molecule has 4 atom stereocenters. The first-order valence-corrected chi connectivity index (χ1v) is 7.48. The molecule has 1 amide bonds. The van der Waals surface area contributed by atoms with Crippen LogP contribution < -0.4 is 0 Å². The van der Waals surface area contributed by atoms with Crippen molar-refractivity contribution in [2.45, 2.75) is 70.7 Å². The van der Waals surface area contributed by atoms with Crippen molar-refractivity contribution in [1.29, 1.82) is 0 Å². The molecule has 3 saturated heterocycles. The molecule has 0 bridgehead atoms. The number of hydrogen-bond donors (Lipinski definition) is 0. The standard InChI is InChI=1S/C15H25NO4/c1-14(2,3)19-9-6-7-16-12(9)11(13(16)17)10-8-18-15(4,5)20-10/h9-12H,6-8H2,1-5H3/t9-,10-,11+,12-/m1/s1. The lowest BCUT2D eigenvalue weighted by molar-refractivity contribution is -0.186. The smallest absolute Gasteiger partial charge is 0.230 e. The van der Waals surface area contributed by atoms with Gasteiger partial charge in [-0.3, -0.25) is 4.79 Å². The summed E-state index contributed by atoms with van der Waals surface area (Å²) in [5.74, 6) is -0.488.